The number of aromatic nitrogens is 2. The summed E-state index contributed by atoms with van der Waals surface area (Å²) in [7, 11) is 0. The number of non-ortho nitro benzene ring substituents is 1. The van der Waals surface area contributed by atoms with Gasteiger partial charge in [-0.1, -0.05) is 11.8 Å². The molecule has 0 saturated heterocycles. The summed E-state index contributed by atoms with van der Waals surface area (Å²) < 4.78 is 5.57. The Kier molecular flexibility index (Phi) is 4.04. The number of benzene rings is 1. The molecule has 2 aromatic rings. The first-order valence-electron chi connectivity index (χ1n) is 5.61. The Bertz CT molecular complexity index is 663. The van der Waals surface area contributed by atoms with Gasteiger partial charge in [-0.3, -0.25) is 10.1 Å². The van der Waals surface area contributed by atoms with Crippen molar-refractivity contribution in [2.75, 3.05) is 12.0 Å². The highest BCUT2D eigenvalue weighted by Crippen LogP contribution is 2.29. The number of aryl methyl sites for hydroxylation is 1. The molecule has 0 aliphatic carbocycles. The summed E-state index contributed by atoms with van der Waals surface area (Å²) in [5, 5.41) is 11.2. The lowest BCUT2D eigenvalue weighted by molar-refractivity contribution is -0.384. The van der Waals surface area contributed by atoms with E-state index >= 15 is 0 Å². The van der Waals surface area contributed by atoms with E-state index in [2.05, 4.69) is 9.97 Å². The number of hydrogen-bond acceptors (Lipinski definition) is 7. The Morgan fingerprint density at radius 3 is 2.75 bits per heavy atom. The van der Waals surface area contributed by atoms with E-state index in [1.807, 2.05) is 6.26 Å². The molecule has 2 rings (SSSR count). The van der Waals surface area contributed by atoms with Gasteiger partial charge in [-0.05, 0) is 24.8 Å². The quantitative estimate of drug-likeness (QED) is 0.400. The fourth-order valence-corrected chi connectivity index (χ4v) is 1.87. The van der Waals surface area contributed by atoms with Crippen molar-refractivity contribution in [1.29, 1.82) is 0 Å². The van der Waals surface area contributed by atoms with Crippen molar-refractivity contribution in [3.63, 3.8) is 0 Å². The van der Waals surface area contributed by atoms with E-state index in [9.17, 15) is 10.1 Å². The summed E-state index contributed by atoms with van der Waals surface area (Å²) in [6, 6.07) is 5.86. The molecule has 1 heterocycles. The predicted octanol–water partition coefficient (Wildman–Crippen LogP) is 2.79. The molecule has 0 unspecified atom stereocenters. The van der Waals surface area contributed by atoms with Gasteiger partial charge in [0.25, 0.3) is 5.69 Å². The zero-order chi connectivity index (χ0) is 14.7. The number of rotatable bonds is 4. The number of hydrogen-bond donors (Lipinski definition) is 1. The Morgan fingerprint density at radius 2 is 2.10 bits per heavy atom. The number of ether oxygens (including phenoxy) is 1. The second kappa shape index (κ2) is 5.74. The van der Waals surface area contributed by atoms with Gasteiger partial charge in [-0.25, -0.2) is 4.98 Å². The fourth-order valence-electron chi connectivity index (χ4n) is 1.49. The van der Waals surface area contributed by atoms with Gasteiger partial charge in [0.15, 0.2) is 5.16 Å². The van der Waals surface area contributed by atoms with Crippen LogP contribution in [0.25, 0.3) is 0 Å². The summed E-state index contributed by atoms with van der Waals surface area (Å²) in [5.74, 6) is 0.900. The van der Waals surface area contributed by atoms with Crippen LogP contribution in [-0.2, 0) is 0 Å². The molecule has 1 aromatic heterocycles. The highest BCUT2D eigenvalue weighted by molar-refractivity contribution is 7.98. The van der Waals surface area contributed by atoms with Crippen molar-refractivity contribution in [2.45, 2.75) is 12.1 Å². The highest BCUT2D eigenvalue weighted by Gasteiger charge is 2.12. The highest BCUT2D eigenvalue weighted by atomic mass is 32.2. The third kappa shape index (κ3) is 3.15. The summed E-state index contributed by atoms with van der Waals surface area (Å²) in [4.78, 5) is 18.4. The van der Waals surface area contributed by atoms with Crippen LogP contribution in [0.15, 0.2) is 29.4 Å². The normalized spacial score (nSPS) is 10.3. The van der Waals surface area contributed by atoms with Gasteiger partial charge in [-0.15, -0.1) is 0 Å². The Morgan fingerprint density at radius 1 is 1.35 bits per heavy atom. The lowest BCUT2D eigenvalue weighted by Crippen LogP contribution is -1.98. The van der Waals surface area contributed by atoms with Crippen LogP contribution in [0, 0.1) is 17.0 Å². The lowest BCUT2D eigenvalue weighted by atomic mass is 10.2. The average Bonchev–Trinajstić information content (AvgIpc) is 2.40. The Balaban J connectivity index is 2.36. The van der Waals surface area contributed by atoms with Crippen LogP contribution in [-0.4, -0.2) is 21.1 Å². The molecule has 0 aliphatic heterocycles. The third-order valence-electron chi connectivity index (χ3n) is 2.48. The fraction of sp³-hybridized carbons (Fsp3) is 0.167. The first kappa shape index (κ1) is 14.1. The van der Waals surface area contributed by atoms with Crippen molar-refractivity contribution < 1.29 is 9.66 Å². The zero-order valence-corrected chi connectivity index (χ0v) is 11.7. The molecular weight excluding hydrogens is 280 g/mol. The molecule has 0 bridgehead atoms. The van der Waals surface area contributed by atoms with Crippen molar-refractivity contribution in [3.05, 3.63) is 39.9 Å². The number of nitrogens with two attached hydrogens (primary N) is 1. The third-order valence-corrected chi connectivity index (χ3v) is 3.03. The number of nitro benzene ring substituents is 1. The van der Waals surface area contributed by atoms with Gasteiger partial charge in [0.2, 0.25) is 5.88 Å². The molecule has 1 aromatic carbocycles. The molecular formula is C12H12N4O3S. The molecule has 0 amide bonds. The van der Waals surface area contributed by atoms with Gasteiger partial charge in [0.1, 0.15) is 11.6 Å². The minimum absolute atomic E-state index is 0.0438. The second-order valence-corrected chi connectivity index (χ2v) is 4.70. The first-order chi connectivity index (χ1) is 9.49. The number of nitrogens with zero attached hydrogens (tertiary/aromatic N) is 3. The van der Waals surface area contributed by atoms with E-state index in [1.165, 1.54) is 30.0 Å². The minimum atomic E-state index is -0.478. The van der Waals surface area contributed by atoms with Gasteiger partial charge in [0.05, 0.1) is 11.0 Å². The van der Waals surface area contributed by atoms with E-state index < -0.39 is 4.92 Å². The van der Waals surface area contributed by atoms with Crippen molar-refractivity contribution >= 4 is 23.3 Å². The number of anilines is 1. The molecule has 7 nitrogen and oxygen atoms in total. The van der Waals surface area contributed by atoms with Crippen LogP contribution < -0.4 is 10.5 Å². The second-order valence-electron chi connectivity index (χ2n) is 3.93. The van der Waals surface area contributed by atoms with Crippen molar-refractivity contribution in [3.8, 4) is 11.6 Å². The topological polar surface area (TPSA) is 104 Å². The standard InChI is InChI=1S/C12H12N4O3S/c1-7-3-4-8(16(17)18)5-9(7)19-11-6-10(13)14-12(15-11)20-2/h3-6H,1-2H3,(H2,13,14,15). The molecule has 0 fully saturated rings. The Labute approximate surface area is 119 Å². The van der Waals surface area contributed by atoms with Crippen molar-refractivity contribution in [2.24, 2.45) is 0 Å². The van der Waals surface area contributed by atoms with E-state index in [0.29, 0.717) is 10.9 Å². The molecule has 0 spiro atoms. The summed E-state index contributed by atoms with van der Waals surface area (Å²) >= 11 is 1.33. The molecule has 104 valence electrons. The SMILES string of the molecule is CSc1nc(N)cc(Oc2cc([N+](=O)[O-])ccc2C)n1. The van der Waals surface area contributed by atoms with E-state index in [0.717, 1.165) is 5.56 Å². The minimum Gasteiger partial charge on any atom is -0.438 e. The lowest BCUT2D eigenvalue weighted by Gasteiger charge is -2.08. The summed E-state index contributed by atoms with van der Waals surface area (Å²) in [6.45, 7) is 1.79. The zero-order valence-electron chi connectivity index (χ0n) is 10.9. The van der Waals surface area contributed by atoms with Crippen LogP contribution >= 0.6 is 11.8 Å². The monoisotopic (exact) mass is 292 g/mol. The van der Waals surface area contributed by atoms with Crippen LogP contribution in [0.4, 0.5) is 11.5 Å². The predicted molar refractivity (Wildman–Crippen MR) is 76.1 cm³/mol. The summed E-state index contributed by atoms with van der Waals surface area (Å²) in [5.41, 5.74) is 6.37. The van der Waals surface area contributed by atoms with Crippen LogP contribution in [0.2, 0.25) is 0 Å². The van der Waals surface area contributed by atoms with Gasteiger partial charge < -0.3 is 10.5 Å². The molecule has 0 saturated carbocycles. The molecule has 0 atom stereocenters. The van der Waals surface area contributed by atoms with Crippen LogP contribution in [0.1, 0.15) is 5.56 Å². The van der Waals surface area contributed by atoms with Gasteiger partial charge in [-0.2, -0.15) is 4.98 Å². The number of nitro groups is 1. The maximum Gasteiger partial charge on any atom is 0.273 e. The van der Waals surface area contributed by atoms with Crippen LogP contribution in [0.5, 0.6) is 11.6 Å². The van der Waals surface area contributed by atoms with Gasteiger partial charge in [0, 0.05) is 12.1 Å². The molecule has 0 radical (unpaired) electrons. The number of thioether (sulfide) groups is 1. The van der Waals surface area contributed by atoms with E-state index in [1.54, 1.807) is 13.0 Å². The van der Waals surface area contributed by atoms with Crippen LogP contribution in [0.3, 0.4) is 0 Å². The molecule has 20 heavy (non-hydrogen) atoms. The smallest absolute Gasteiger partial charge is 0.273 e. The maximum absolute atomic E-state index is 10.8. The summed E-state index contributed by atoms with van der Waals surface area (Å²) in [6.07, 6.45) is 1.82. The average molecular weight is 292 g/mol. The molecule has 0 aliphatic rings. The molecule has 2 N–H and O–H groups in total. The van der Waals surface area contributed by atoms with Gasteiger partial charge >= 0.3 is 0 Å². The van der Waals surface area contributed by atoms with Crippen molar-refractivity contribution in [1.82, 2.24) is 9.97 Å². The Hall–Kier alpha value is -2.35. The van der Waals surface area contributed by atoms with E-state index in [-0.39, 0.29) is 17.4 Å². The maximum atomic E-state index is 10.8. The number of nitrogen functional groups attached to an aromatic ring is 1. The first-order valence-corrected chi connectivity index (χ1v) is 6.83. The van der Waals surface area contributed by atoms with E-state index in [4.69, 9.17) is 10.5 Å². The molecule has 8 heteroatoms. The largest absolute Gasteiger partial charge is 0.438 e.